The van der Waals surface area contributed by atoms with Crippen LogP contribution in [0.25, 0.3) is 22.3 Å². The van der Waals surface area contributed by atoms with Crippen LogP contribution < -0.4 is 0 Å². The first-order valence-electron chi connectivity index (χ1n) is 8.54. The van der Waals surface area contributed by atoms with Gasteiger partial charge in [0.15, 0.2) is 0 Å². The standard InChI is InChI=1S/C22H20N2.H2/c1-2-16-12-14-18(15-13-16)22-21(17-8-4-3-5-9-17)23-19-10-6-7-11-20(19)24-22;/h3-8,10-15,17H,2,9H2,1H3;1H. The fourth-order valence-electron chi connectivity index (χ4n) is 3.17. The molecular formula is C22H22N2. The zero-order chi connectivity index (χ0) is 16.4. The van der Waals surface area contributed by atoms with Crippen LogP contribution in [0.4, 0.5) is 0 Å². The van der Waals surface area contributed by atoms with Crippen molar-refractivity contribution in [1.29, 1.82) is 0 Å². The highest BCUT2D eigenvalue weighted by atomic mass is 14.8. The molecule has 0 amide bonds. The van der Waals surface area contributed by atoms with Crippen molar-refractivity contribution in [2.75, 3.05) is 0 Å². The zero-order valence-electron chi connectivity index (χ0n) is 13.8. The Morgan fingerprint density at radius 1 is 0.958 bits per heavy atom. The Bertz CT molecular complexity index is 926. The van der Waals surface area contributed by atoms with Gasteiger partial charge in [-0.2, -0.15) is 0 Å². The molecule has 0 saturated carbocycles. The van der Waals surface area contributed by atoms with E-state index in [0.29, 0.717) is 0 Å². The average molecular weight is 314 g/mol. The van der Waals surface area contributed by atoms with Crippen molar-refractivity contribution in [3.63, 3.8) is 0 Å². The van der Waals surface area contributed by atoms with E-state index in [1.807, 2.05) is 24.3 Å². The van der Waals surface area contributed by atoms with Crippen LogP contribution in [0.2, 0.25) is 0 Å². The molecule has 1 atom stereocenters. The van der Waals surface area contributed by atoms with Gasteiger partial charge in [0, 0.05) is 12.9 Å². The quantitative estimate of drug-likeness (QED) is 0.619. The first kappa shape index (κ1) is 14.8. The summed E-state index contributed by atoms with van der Waals surface area (Å²) in [6.07, 6.45) is 10.7. The molecule has 1 aliphatic carbocycles. The van der Waals surface area contributed by atoms with Gasteiger partial charge in [0.2, 0.25) is 0 Å². The highest BCUT2D eigenvalue weighted by molar-refractivity contribution is 5.78. The van der Waals surface area contributed by atoms with Crippen molar-refractivity contribution >= 4 is 11.0 Å². The van der Waals surface area contributed by atoms with E-state index in [-0.39, 0.29) is 7.34 Å². The number of hydrogen-bond acceptors (Lipinski definition) is 2. The van der Waals surface area contributed by atoms with E-state index in [1.165, 1.54) is 5.56 Å². The van der Waals surface area contributed by atoms with Crippen molar-refractivity contribution in [3.05, 3.63) is 84.1 Å². The van der Waals surface area contributed by atoms with Crippen molar-refractivity contribution in [3.8, 4) is 11.3 Å². The Kier molecular flexibility index (Phi) is 3.96. The van der Waals surface area contributed by atoms with Crippen LogP contribution in [0.3, 0.4) is 0 Å². The van der Waals surface area contributed by atoms with E-state index >= 15 is 0 Å². The molecule has 1 heterocycles. The van der Waals surface area contributed by atoms with E-state index in [2.05, 4.69) is 55.5 Å². The maximum Gasteiger partial charge on any atom is 0.0931 e. The number of rotatable bonds is 3. The summed E-state index contributed by atoms with van der Waals surface area (Å²) in [6, 6.07) is 16.8. The first-order valence-corrected chi connectivity index (χ1v) is 8.54. The van der Waals surface area contributed by atoms with Crippen molar-refractivity contribution < 1.29 is 1.43 Å². The predicted molar refractivity (Wildman–Crippen MR) is 102 cm³/mol. The van der Waals surface area contributed by atoms with Gasteiger partial charge in [0.1, 0.15) is 0 Å². The Labute approximate surface area is 144 Å². The largest absolute Gasteiger partial charge is 0.248 e. The number of nitrogens with zero attached hydrogens (tertiary/aromatic N) is 2. The molecule has 3 aromatic rings. The summed E-state index contributed by atoms with van der Waals surface area (Å²) in [5, 5.41) is 0. The highest BCUT2D eigenvalue weighted by Crippen LogP contribution is 2.32. The van der Waals surface area contributed by atoms with Crippen LogP contribution in [0.1, 0.15) is 31.9 Å². The zero-order valence-corrected chi connectivity index (χ0v) is 13.8. The molecule has 2 aromatic carbocycles. The minimum atomic E-state index is 0. The Hall–Kier alpha value is -2.74. The summed E-state index contributed by atoms with van der Waals surface area (Å²) >= 11 is 0. The molecule has 2 heteroatoms. The highest BCUT2D eigenvalue weighted by Gasteiger charge is 2.18. The molecule has 0 aliphatic heterocycles. The second-order valence-electron chi connectivity index (χ2n) is 6.15. The van der Waals surface area contributed by atoms with E-state index < -0.39 is 0 Å². The van der Waals surface area contributed by atoms with Crippen LogP contribution in [0.15, 0.2) is 72.8 Å². The number of hydrogen-bond donors (Lipinski definition) is 0. The van der Waals surface area contributed by atoms with Gasteiger partial charge in [0.05, 0.1) is 22.4 Å². The van der Waals surface area contributed by atoms with Gasteiger partial charge >= 0.3 is 0 Å². The topological polar surface area (TPSA) is 25.8 Å². The van der Waals surface area contributed by atoms with Crippen LogP contribution in [0, 0.1) is 0 Å². The van der Waals surface area contributed by atoms with Gasteiger partial charge in [-0.25, -0.2) is 9.97 Å². The Balaban J connectivity index is 0.00000182. The number of para-hydroxylation sites is 2. The van der Waals surface area contributed by atoms with E-state index in [9.17, 15) is 0 Å². The maximum absolute atomic E-state index is 4.97. The van der Waals surface area contributed by atoms with Gasteiger partial charge in [-0.1, -0.05) is 67.6 Å². The monoisotopic (exact) mass is 314 g/mol. The minimum Gasteiger partial charge on any atom is -0.248 e. The lowest BCUT2D eigenvalue weighted by atomic mass is 9.93. The third kappa shape index (κ3) is 2.76. The van der Waals surface area contributed by atoms with Gasteiger partial charge < -0.3 is 0 Å². The van der Waals surface area contributed by atoms with Crippen LogP contribution in [0.5, 0.6) is 0 Å². The van der Waals surface area contributed by atoms with Crippen molar-refractivity contribution in [1.82, 2.24) is 9.97 Å². The predicted octanol–water partition coefficient (Wildman–Crippen LogP) is 5.70. The number of aryl methyl sites for hydroxylation is 1. The third-order valence-electron chi connectivity index (χ3n) is 4.56. The van der Waals surface area contributed by atoms with Crippen LogP contribution in [-0.4, -0.2) is 9.97 Å². The molecule has 0 fully saturated rings. The Morgan fingerprint density at radius 2 is 1.71 bits per heavy atom. The molecule has 1 aliphatic rings. The molecule has 1 aromatic heterocycles. The fourth-order valence-corrected chi connectivity index (χ4v) is 3.17. The summed E-state index contributed by atoms with van der Waals surface area (Å²) < 4.78 is 0. The van der Waals surface area contributed by atoms with E-state index in [0.717, 1.165) is 40.8 Å². The third-order valence-corrected chi connectivity index (χ3v) is 4.56. The molecule has 0 bridgehead atoms. The lowest BCUT2D eigenvalue weighted by molar-refractivity contribution is 0.818. The number of aromatic nitrogens is 2. The second-order valence-corrected chi connectivity index (χ2v) is 6.15. The first-order chi connectivity index (χ1) is 11.8. The molecule has 0 radical (unpaired) electrons. The molecule has 24 heavy (non-hydrogen) atoms. The van der Waals surface area contributed by atoms with E-state index in [4.69, 9.17) is 9.97 Å². The summed E-state index contributed by atoms with van der Waals surface area (Å²) in [5.74, 6) is 0.285. The van der Waals surface area contributed by atoms with Crippen molar-refractivity contribution in [2.45, 2.75) is 25.7 Å². The number of allylic oxidation sites excluding steroid dienone is 4. The molecule has 120 valence electrons. The van der Waals surface area contributed by atoms with Crippen LogP contribution >= 0.6 is 0 Å². The average Bonchev–Trinajstić information content (AvgIpc) is 2.68. The summed E-state index contributed by atoms with van der Waals surface area (Å²) in [7, 11) is 0. The molecule has 0 saturated heterocycles. The number of fused-ring (bicyclic) bond motifs is 1. The number of benzene rings is 2. The molecular weight excluding hydrogens is 292 g/mol. The lowest BCUT2D eigenvalue weighted by Crippen LogP contribution is -2.05. The van der Waals surface area contributed by atoms with Gasteiger partial charge in [-0.05, 0) is 30.5 Å². The lowest BCUT2D eigenvalue weighted by Gasteiger charge is -2.17. The van der Waals surface area contributed by atoms with Gasteiger partial charge in [-0.3, -0.25) is 0 Å². The van der Waals surface area contributed by atoms with Gasteiger partial charge in [-0.15, -0.1) is 0 Å². The Morgan fingerprint density at radius 3 is 2.38 bits per heavy atom. The fraction of sp³-hybridized carbons (Fsp3) is 0.182. The van der Waals surface area contributed by atoms with Crippen molar-refractivity contribution in [2.24, 2.45) is 0 Å². The summed E-state index contributed by atoms with van der Waals surface area (Å²) in [6.45, 7) is 2.18. The van der Waals surface area contributed by atoms with Gasteiger partial charge in [0.25, 0.3) is 0 Å². The summed E-state index contributed by atoms with van der Waals surface area (Å²) in [4.78, 5) is 9.93. The molecule has 2 nitrogen and oxygen atoms in total. The molecule has 0 spiro atoms. The molecule has 0 N–H and O–H groups in total. The second kappa shape index (κ2) is 6.40. The normalized spacial score (nSPS) is 16.6. The molecule has 1 unspecified atom stereocenters. The molecule has 4 rings (SSSR count). The smallest absolute Gasteiger partial charge is 0.0931 e. The maximum atomic E-state index is 4.97. The summed E-state index contributed by atoms with van der Waals surface area (Å²) in [5.41, 5.74) is 6.47. The van der Waals surface area contributed by atoms with E-state index in [1.54, 1.807) is 0 Å². The minimum absolute atomic E-state index is 0. The SMILES string of the molecule is CCc1ccc(-c2nc3ccccc3nc2C2C=CC=CC2)cc1.[HH]. The van der Waals surface area contributed by atoms with Crippen LogP contribution in [-0.2, 0) is 6.42 Å².